The number of nitrogens with zero attached hydrogens (tertiary/aromatic N) is 1. The Morgan fingerprint density at radius 1 is 1.21 bits per heavy atom. The standard InChI is InChI=1S/C10H15FNPS/c1-3-12(4-2)13(11,14)10-8-6-5-7-9-10/h5-9H,3-4H2,1-2H3. The van der Waals surface area contributed by atoms with Crippen molar-refractivity contribution in [3.05, 3.63) is 30.3 Å². The van der Waals surface area contributed by atoms with Gasteiger partial charge in [-0.25, -0.2) is 4.67 Å². The molecule has 0 aliphatic rings. The van der Waals surface area contributed by atoms with E-state index in [-0.39, 0.29) is 0 Å². The topological polar surface area (TPSA) is 3.24 Å². The first kappa shape index (κ1) is 11.8. The summed E-state index contributed by atoms with van der Waals surface area (Å²) in [7, 11) is 0. The van der Waals surface area contributed by atoms with E-state index in [2.05, 4.69) is 0 Å². The fourth-order valence-corrected chi connectivity index (χ4v) is 4.01. The molecule has 1 rings (SSSR count). The Kier molecular flexibility index (Phi) is 4.24. The van der Waals surface area contributed by atoms with E-state index in [1.165, 1.54) is 0 Å². The molecule has 1 unspecified atom stereocenters. The van der Waals surface area contributed by atoms with Gasteiger partial charge in [0.25, 0.3) is 0 Å². The number of halogens is 1. The van der Waals surface area contributed by atoms with Crippen LogP contribution in [0.1, 0.15) is 13.8 Å². The van der Waals surface area contributed by atoms with Crippen molar-refractivity contribution in [2.45, 2.75) is 13.8 Å². The van der Waals surface area contributed by atoms with Crippen molar-refractivity contribution in [1.29, 1.82) is 0 Å². The van der Waals surface area contributed by atoms with Crippen LogP contribution < -0.4 is 5.30 Å². The maximum atomic E-state index is 14.3. The van der Waals surface area contributed by atoms with Crippen LogP contribution in [0.15, 0.2) is 30.3 Å². The van der Waals surface area contributed by atoms with Crippen molar-refractivity contribution in [2.75, 3.05) is 13.1 Å². The molecule has 0 heterocycles. The van der Waals surface area contributed by atoms with Crippen molar-refractivity contribution in [3.8, 4) is 0 Å². The molecule has 0 radical (unpaired) electrons. The Balaban J connectivity index is 3.01. The molecule has 0 saturated heterocycles. The van der Waals surface area contributed by atoms with E-state index >= 15 is 0 Å². The summed E-state index contributed by atoms with van der Waals surface area (Å²) in [6, 6.07) is 9.10. The van der Waals surface area contributed by atoms with Crippen molar-refractivity contribution < 1.29 is 4.20 Å². The van der Waals surface area contributed by atoms with Crippen LogP contribution in [0.5, 0.6) is 0 Å². The Morgan fingerprint density at radius 2 is 1.71 bits per heavy atom. The normalized spacial score (nSPS) is 15.4. The van der Waals surface area contributed by atoms with Gasteiger partial charge in [0, 0.05) is 18.4 Å². The van der Waals surface area contributed by atoms with Gasteiger partial charge >= 0.3 is 0 Å². The largest absolute Gasteiger partial charge is 0.248 e. The van der Waals surface area contributed by atoms with Crippen LogP contribution >= 0.6 is 6.50 Å². The van der Waals surface area contributed by atoms with Gasteiger partial charge in [-0.15, -0.1) is 0 Å². The molecular formula is C10H15FNPS. The van der Waals surface area contributed by atoms with Crippen LogP contribution in [0.2, 0.25) is 0 Å². The van der Waals surface area contributed by atoms with Gasteiger partial charge in [-0.3, -0.25) is 0 Å². The van der Waals surface area contributed by atoms with E-state index in [1.54, 1.807) is 16.8 Å². The van der Waals surface area contributed by atoms with Crippen LogP contribution in [-0.2, 0) is 11.8 Å². The van der Waals surface area contributed by atoms with Crippen LogP contribution in [0.25, 0.3) is 0 Å². The fraction of sp³-hybridized carbons (Fsp3) is 0.400. The van der Waals surface area contributed by atoms with Crippen molar-refractivity contribution in [3.63, 3.8) is 0 Å². The summed E-state index contributed by atoms with van der Waals surface area (Å²) in [5, 5.41) is 0.652. The maximum absolute atomic E-state index is 14.3. The molecule has 0 aromatic heterocycles. The van der Waals surface area contributed by atoms with Crippen LogP contribution in [-0.4, -0.2) is 17.8 Å². The number of rotatable bonds is 4. The third kappa shape index (κ3) is 2.41. The molecule has 0 bridgehead atoms. The predicted molar refractivity (Wildman–Crippen MR) is 64.4 cm³/mol. The van der Waals surface area contributed by atoms with Gasteiger partial charge in [-0.05, 0) is 11.8 Å². The van der Waals surface area contributed by atoms with Gasteiger partial charge in [0.15, 0.2) is 0 Å². The summed E-state index contributed by atoms with van der Waals surface area (Å²) in [6.07, 6.45) is 0. The quantitative estimate of drug-likeness (QED) is 0.733. The highest BCUT2D eigenvalue weighted by Gasteiger charge is 2.24. The average molecular weight is 231 g/mol. The van der Waals surface area contributed by atoms with E-state index in [0.29, 0.717) is 18.4 Å². The molecule has 0 N–H and O–H groups in total. The molecule has 14 heavy (non-hydrogen) atoms. The van der Waals surface area contributed by atoms with Crippen molar-refractivity contribution in [2.24, 2.45) is 0 Å². The Hall–Kier alpha value is -0.240. The SMILES string of the molecule is CCN(CC)P(F)(=S)c1ccccc1. The van der Waals surface area contributed by atoms with Crippen LogP contribution in [0.4, 0.5) is 4.20 Å². The molecule has 1 nitrogen and oxygen atoms in total. The summed E-state index contributed by atoms with van der Waals surface area (Å²) >= 11 is 5.10. The highest BCUT2D eigenvalue weighted by atomic mass is 32.5. The minimum absolute atomic E-state index is 0.652. The van der Waals surface area contributed by atoms with Gasteiger partial charge in [-0.1, -0.05) is 44.2 Å². The monoisotopic (exact) mass is 231 g/mol. The lowest BCUT2D eigenvalue weighted by molar-refractivity contribution is 0.486. The highest BCUT2D eigenvalue weighted by molar-refractivity contribution is 8.14. The third-order valence-electron chi connectivity index (χ3n) is 2.17. The van der Waals surface area contributed by atoms with Crippen molar-refractivity contribution >= 4 is 23.6 Å². The van der Waals surface area contributed by atoms with Gasteiger partial charge < -0.3 is 0 Å². The number of hydrogen-bond acceptors (Lipinski definition) is 1. The zero-order chi connectivity index (χ0) is 10.6. The second-order valence-electron chi connectivity index (χ2n) is 2.98. The summed E-state index contributed by atoms with van der Waals surface area (Å²) < 4.78 is 16.1. The van der Waals surface area contributed by atoms with Crippen LogP contribution in [0, 0.1) is 0 Å². The van der Waals surface area contributed by atoms with E-state index in [4.69, 9.17) is 11.8 Å². The highest BCUT2D eigenvalue weighted by Crippen LogP contribution is 2.49. The molecule has 4 heteroatoms. The molecule has 0 fully saturated rings. The molecule has 0 saturated carbocycles. The zero-order valence-corrected chi connectivity index (χ0v) is 10.2. The molecule has 1 atom stereocenters. The Labute approximate surface area is 90.1 Å². The lowest BCUT2D eigenvalue weighted by atomic mass is 10.4. The fourth-order valence-electron chi connectivity index (χ4n) is 1.36. The molecule has 1 aromatic rings. The molecule has 0 aliphatic heterocycles. The second-order valence-corrected chi connectivity index (χ2v) is 6.51. The van der Waals surface area contributed by atoms with E-state index in [9.17, 15) is 4.20 Å². The number of benzene rings is 1. The summed E-state index contributed by atoms with van der Waals surface area (Å²) in [5.41, 5.74) is 0. The van der Waals surface area contributed by atoms with E-state index < -0.39 is 6.50 Å². The van der Waals surface area contributed by atoms with Gasteiger partial charge in [-0.2, -0.15) is 4.20 Å². The molecule has 1 aromatic carbocycles. The van der Waals surface area contributed by atoms with Crippen molar-refractivity contribution in [1.82, 2.24) is 4.67 Å². The molecule has 0 amide bonds. The lowest BCUT2D eigenvalue weighted by Gasteiger charge is -2.26. The Bertz CT molecular complexity index is 324. The van der Waals surface area contributed by atoms with Crippen LogP contribution in [0.3, 0.4) is 0 Å². The Morgan fingerprint density at radius 3 is 2.14 bits per heavy atom. The lowest BCUT2D eigenvalue weighted by Crippen LogP contribution is -2.23. The summed E-state index contributed by atoms with van der Waals surface area (Å²) in [4.78, 5) is 0. The first-order valence-electron chi connectivity index (χ1n) is 4.73. The maximum Gasteiger partial charge on any atom is 0.206 e. The predicted octanol–water partition coefficient (Wildman–Crippen LogP) is 2.93. The molecule has 0 aliphatic carbocycles. The number of hydrogen-bond donors (Lipinski definition) is 0. The molecular weight excluding hydrogens is 216 g/mol. The second kappa shape index (κ2) is 5.01. The van der Waals surface area contributed by atoms with E-state index in [1.807, 2.05) is 32.0 Å². The molecule has 78 valence electrons. The third-order valence-corrected chi connectivity index (χ3v) is 5.72. The van der Waals surface area contributed by atoms with Gasteiger partial charge in [0.05, 0.1) is 0 Å². The smallest absolute Gasteiger partial charge is 0.206 e. The first-order chi connectivity index (χ1) is 6.62. The minimum atomic E-state index is -2.99. The van der Waals surface area contributed by atoms with Gasteiger partial charge in [0.2, 0.25) is 6.50 Å². The zero-order valence-electron chi connectivity index (χ0n) is 8.48. The summed E-state index contributed by atoms with van der Waals surface area (Å²) in [5.74, 6) is 0. The molecule has 0 spiro atoms. The minimum Gasteiger partial charge on any atom is -0.248 e. The average Bonchev–Trinajstić information content (AvgIpc) is 2.20. The summed E-state index contributed by atoms with van der Waals surface area (Å²) in [6.45, 7) is 2.22. The van der Waals surface area contributed by atoms with Gasteiger partial charge in [0.1, 0.15) is 0 Å². The van der Waals surface area contributed by atoms with E-state index in [0.717, 1.165) is 0 Å². The first-order valence-corrected chi connectivity index (χ1v) is 7.38.